The van der Waals surface area contributed by atoms with Crippen molar-refractivity contribution in [1.29, 1.82) is 0 Å². The maximum atomic E-state index is 11.9. The van der Waals surface area contributed by atoms with Gasteiger partial charge in [-0.1, -0.05) is 37.8 Å². The van der Waals surface area contributed by atoms with Gasteiger partial charge in [0.1, 0.15) is 0 Å². The van der Waals surface area contributed by atoms with Crippen molar-refractivity contribution in [2.75, 3.05) is 0 Å². The molecule has 0 unspecified atom stereocenters. The summed E-state index contributed by atoms with van der Waals surface area (Å²) in [6, 6.07) is 4.76. The molecule has 4 nitrogen and oxygen atoms in total. The van der Waals surface area contributed by atoms with Gasteiger partial charge in [-0.15, -0.1) is 0 Å². The molecule has 0 heterocycles. The fourth-order valence-corrected chi connectivity index (χ4v) is 2.27. The second kappa shape index (κ2) is 9.97. The molecule has 0 spiro atoms. The molecular weight excluding hydrogens is 294 g/mol. The van der Waals surface area contributed by atoms with Crippen LogP contribution in [0.5, 0.6) is 11.5 Å². The van der Waals surface area contributed by atoms with Gasteiger partial charge in [-0.25, -0.2) is 13.6 Å². The number of carbonyl (C=O) groups is 1. The molecule has 1 aromatic carbocycles. The lowest BCUT2D eigenvalue weighted by Gasteiger charge is -2.08. The number of hydrogen-bond donors (Lipinski definition) is 2. The normalized spacial score (nSPS) is 10.9. The first-order chi connectivity index (χ1) is 10.5. The molecule has 0 saturated heterocycles. The van der Waals surface area contributed by atoms with Crippen molar-refractivity contribution in [3.63, 3.8) is 0 Å². The van der Waals surface area contributed by atoms with Crippen LogP contribution in [0.3, 0.4) is 0 Å². The lowest BCUT2D eigenvalue weighted by molar-refractivity contribution is 0.133. The van der Waals surface area contributed by atoms with Gasteiger partial charge in [-0.05, 0) is 30.9 Å². The Morgan fingerprint density at radius 3 is 2.36 bits per heavy atom. The highest BCUT2D eigenvalue weighted by Crippen LogP contribution is 2.31. The maximum absolute atomic E-state index is 11.9. The molecule has 124 valence electrons. The second-order valence-electron chi connectivity index (χ2n) is 5.18. The van der Waals surface area contributed by atoms with Gasteiger partial charge in [-0.3, -0.25) is 0 Å². The molecular formula is C16H22F2O4. The average molecular weight is 316 g/mol. The maximum Gasteiger partial charge on any atom is 0.511 e. The van der Waals surface area contributed by atoms with Crippen LogP contribution in [0.15, 0.2) is 18.2 Å². The molecule has 1 aromatic rings. The van der Waals surface area contributed by atoms with Crippen LogP contribution in [-0.2, 0) is 6.42 Å². The molecule has 1 rings (SSSR count). The Labute approximate surface area is 128 Å². The Bertz CT molecular complexity index is 463. The molecule has 0 radical (unpaired) electrons. The number of unbranched alkanes of at least 4 members (excludes halogenated alkanes) is 5. The molecule has 0 fully saturated rings. The van der Waals surface area contributed by atoms with Gasteiger partial charge in [-0.2, -0.15) is 0 Å². The van der Waals surface area contributed by atoms with Crippen LogP contribution < -0.4 is 4.74 Å². The standard InChI is InChI=1S/C16H22F2O4/c17-14(18)11-6-4-2-1-3-5-8-12-9-7-10-13(15(12)19)22-16(20)21/h7,9-10,14,19H,1-6,8,11H2,(H,20,21). The highest BCUT2D eigenvalue weighted by molar-refractivity contribution is 5.63. The number of carboxylic acid groups (broad SMARTS) is 1. The minimum absolute atomic E-state index is 0.0236. The molecule has 0 aliphatic rings. The molecule has 6 heteroatoms. The Morgan fingerprint density at radius 2 is 1.73 bits per heavy atom. The van der Waals surface area contributed by atoms with Gasteiger partial charge in [0.2, 0.25) is 6.43 Å². The summed E-state index contributed by atoms with van der Waals surface area (Å²) in [7, 11) is 0. The van der Waals surface area contributed by atoms with E-state index >= 15 is 0 Å². The number of aryl methyl sites for hydroxylation is 1. The summed E-state index contributed by atoms with van der Waals surface area (Å²) in [6.45, 7) is 0. The van der Waals surface area contributed by atoms with Gasteiger partial charge < -0.3 is 14.9 Å². The molecule has 22 heavy (non-hydrogen) atoms. The van der Waals surface area contributed by atoms with Gasteiger partial charge >= 0.3 is 6.16 Å². The Morgan fingerprint density at radius 1 is 1.09 bits per heavy atom. The summed E-state index contributed by atoms with van der Waals surface area (Å²) in [6.07, 6.45) is 2.00. The lowest BCUT2D eigenvalue weighted by atomic mass is 10.0. The molecule has 0 aliphatic heterocycles. The van der Waals surface area contributed by atoms with Crippen molar-refractivity contribution in [3.05, 3.63) is 23.8 Å². The minimum Gasteiger partial charge on any atom is -0.504 e. The predicted octanol–water partition coefficient (Wildman–Crippen LogP) is 4.99. The number of halogens is 2. The van der Waals surface area contributed by atoms with Crippen LogP contribution in [0.1, 0.15) is 50.5 Å². The van der Waals surface area contributed by atoms with E-state index in [-0.39, 0.29) is 17.9 Å². The van der Waals surface area contributed by atoms with Crippen LogP contribution in [0.25, 0.3) is 0 Å². The lowest BCUT2D eigenvalue weighted by Crippen LogP contribution is -2.03. The zero-order valence-corrected chi connectivity index (χ0v) is 12.4. The first-order valence-corrected chi connectivity index (χ1v) is 7.50. The van der Waals surface area contributed by atoms with Crippen molar-refractivity contribution in [1.82, 2.24) is 0 Å². The van der Waals surface area contributed by atoms with Crippen molar-refractivity contribution in [2.24, 2.45) is 0 Å². The number of phenols is 1. The number of hydrogen-bond acceptors (Lipinski definition) is 3. The van der Waals surface area contributed by atoms with Crippen molar-refractivity contribution in [2.45, 2.75) is 57.8 Å². The van der Waals surface area contributed by atoms with E-state index in [1.807, 2.05) is 0 Å². The quantitative estimate of drug-likeness (QED) is 0.362. The van der Waals surface area contributed by atoms with E-state index in [0.717, 1.165) is 32.1 Å². The number of para-hydroxylation sites is 1. The van der Waals surface area contributed by atoms with E-state index in [2.05, 4.69) is 4.74 Å². The van der Waals surface area contributed by atoms with Gasteiger partial charge in [0, 0.05) is 6.42 Å². The number of ether oxygens (including phenoxy) is 1. The smallest absolute Gasteiger partial charge is 0.504 e. The number of aromatic hydroxyl groups is 1. The molecule has 0 aromatic heterocycles. The number of phenolic OH excluding ortho intramolecular Hbond substituents is 1. The van der Waals surface area contributed by atoms with Crippen LogP contribution in [0.4, 0.5) is 13.6 Å². The van der Waals surface area contributed by atoms with Gasteiger partial charge in [0.05, 0.1) is 0 Å². The van der Waals surface area contributed by atoms with Crippen LogP contribution in [-0.4, -0.2) is 22.8 Å². The number of rotatable bonds is 10. The fraction of sp³-hybridized carbons (Fsp3) is 0.562. The van der Waals surface area contributed by atoms with E-state index in [1.165, 1.54) is 6.07 Å². The van der Waals surface area contributed by atoms with Crippen molar-refractivity contribution >= 4 is 6.16 Å². The third-order valence-corrected chi connectivity index (χ3v) is 3.40. The SMILES string of the molecule is O=C(O)Oc1cccc(CCCCCCCCC(F)F)c1O. The molecule has 0 bridgehead atoms. The van der Waals surface area contributed by atoms with E-state index in [4.69, 9.17) is 5.11 Å². The van der Waals surface area contributed by atoms with Crippen LogP contribution in [0, 0.1) is 0 Å². The zero-order valence-electron chi connectivity index (χ0n) is 12.4. The minimum atomic E-state index is -2.21. The third-order valence-electron chi connectivity index (χ3n) is 3.40. The molecule has 2 N–H and O–H groups in total. The van der Waals surface area contributed by atoms with Gasteiger partial charge in [0.15, 0.2) is 11.5 Å². The summed E-state index contributed by atoms with van der Waals surface area (Å²) in [5, 5.41) is 18.5. The van der Waals surface area contributed by atoms with E-state index in [9.17, 15) is 18.7 Å². The fourth-order valence-electron chi connectivity index (χ4n) is 2.27. The summed E-state index contributed by atoms with van der Waals surface area (Å²) >= 11 is 0. The predicted molar refractivity (Wildman–Crippen MR) is 78.8 cm³/mol. The highest BCUT2D eigenvalue weighted by Gasteiger charge is 2.10. The van der Waals surface area contributed by atoms with Gasteiger partial charge in [0.25, 0.3) is 0 Å². The van der Waals surface area contributed by atoms with Crippen LogP contribution >= 0.6 is 0 Å². The van der Waals surface area contributed by atoms with Crippen molar-refractivity contribution in [3.8, 4) is 11.5 Å². The van der Waals surface area contributed by atoms with Crippen molar-refractivity contribution < 1.29 is 28.5 Å². The largest absolute Gasteiger partial charge is 0.511 e. The summed E-state index contributed by atoms with van der Waals surface area (Å²) in [4.78, 5) is 10.5. The molecule has 0 saturated carbocycles. The summed E-state index contributed by atoms with van der Waals surface area (Å²) < 4.78 is 28.3. The van der Waals surface area contributed by atoms with Crippen LogP contribution in [0.2, 0.25) is 0 Å². The number of benzene rings is 1. The average Bonchev–Trinajstić information content (AvgIpc) is 2.44. The first kappa shape index (κ1) is 18.2. The highest BCUT2D eigenvalue weighted by atomic mass is 19.3. The van der Waals surface area contributed by atoms with E-state index < -0.39 is 12.6 Å². The Hall–Kier alpha value is -1.85. The van der Waals surface area contributed by atoms with E-state index in [0.29, 0.717) is 18.4 Å². The molecule has 0 aliphatic carbocycles. The monoisotopic (exact) mass is 316 g/mol. The first-order valence-electron chi connectivity index (χ1n) is 7.50. The number of alkyl halides is 2. The molecule has 0 atom stereocenters. The molecule has 0 amide bonds. The zero-order chi connectivity index (χ0) is 16.4. The third kappa shape index (κ3) is 7.24. The van der Waals surface area contributed by atoms with E-state index in [1.54, 1.807) is 12.1 Å². The Kier molecular flexibility index (Phi) is 8.25. The summed E-state index contributed by atoms with van der Waals surface area (Å²) in [5.41, 5.74) is 0.649. The second-order valence-corrected chi connectivity index (χ2v) is 5.18. The Balaban J connectivity index is 2.23. The topological polar surface area (TPSA) is 66.8 Å². The summed E-state index contributed by atoms with van der Waals surface area (Å²) in [5.74, 6) is -0.196.